The van der Waals surface area contributed by atoms with E-state index < -0.39 is 0 Å². The molecule has 0 aliphatic rings. The van der Waals surface area contributed by atoms with Gasteiger partial charge in [0, 0.05) is 22.6 Å². The van der Waals surface area contributed by atoms with Crippen molar-refractivity contribution < 1.29 is 9.53 Å². The Bertz CT molecular complexity index is 1680. The second kappa shape index (κ2) is 13.0. The van der Waals surface area contributed by atoms with Crippen molar-refractivity contribution in [2.24, 2.45) is 0 Å². The van der Waals surface area contributed by atoms with Crippen molar-refractivity contribution in [3.63, 3.8) is 0 Å². The summed E-state index contributed by atoms with van der Waals surface area (Å²) in [5.74, 6) is -0.382. The molecule has 0 heterocycles. The number of carbonyl (C=O) groups is 1. The quantitative estimate of drug-likeness (QED) is 0.104. The molecule has 0 amide bonds. The lowest BCUT2D eigenvalue weighted by molar-refractivity contribution is -0.140. The van der Waals surface area contributed by atoms with E-state index in [2.05, 4.69) is 141 Å². The Balaban J connectivity index is 1.48. The zero-order chi connectivity index (χ0) is 29.5. The summed E-state index contributed by atoms with van der Waals surface area (Å²) in [6, 6.07) is 44.5. The second-order valence-corrected chi connectivity index (χ2v) is 10.6. The lowest BCUT2D eigenvalue weighted by Crippen LogP contribution is -2.10. The van der Waals surface area contributed by atoms with Crippen molar-refractivity contribution >= 4 is 34.7 Å². The maximum Gasteiger partial charge on any atom is 0.333 e. The summed E-state index contributed by atoms with van der Waals surface area (Å²) in [5.41, 5.74) is 11.6. The van der Waals surface area contributed by atoms with Crippen LogP contribution in [0.2, 0.25) is 0 Å². The third-order valence-electron chi connectivity index (χ3n) is 7.11. The van der Waals surface area contributed by atoms with Crippen LogP contribution in [0, 0.1) is 13.8 Å². The van der Waals surface area contributed by atoms with Gasteiger partial charge in [0.05, 0.1) is 0 Å². The third kappa shape index (κ3) is 6.94. The molecule has 0 radical (unpaired) electrons. The molecule has 0 bridgehead atoms. The summed E-state index contributed by atoms with van der Waals surface area (Å²) >= 11 is 0. The van der Waals surface area contributed by atoms with E-state index in [0.29, 0.717) is 5.57 Å². The number of hydrogen-bond acceptors (Lipinski definition) is 3. The molecule has 3 nitrogen and oxygen atoms in total. The first-order valence-electron chi connectivity index (χ1n) is 14.1. The molecule has 0 unspecified atom stereocenters. The van der Waals surface area contributed by atoms with Crippen molar-refractivity contribution in [2.45, 2.75) is 27.4 Å². The molecule has 0 spiro atoms. The largest absolute Gasteiger partial charge is 0.457 e. The SMILES string of the molecule is C=C(C)C(=O)OCc1ccc(N(c2ccc(C)cc2)c2ccc(/C=C(\c3ccccc3)c3ccc(C)cc3)cc2)cc1. The van der Waals surface area contributed by atoms with Crippen LogP contribution in [0.5, 0.6) is 0 Å². The topological polar surface area (TPSA) is 29.5 Å². The summed E-state index contributed by atoms with van der Waals surface area (Å²) in [6.07, 6.45) is 2.25. The summed E-state index contributed by atoms with van der Waals surface area (Å²) in [6.45, 7) is 9.71. The van der Waals surface area contributed by atoms with Gasteiger partial charge in [-0.05, 0) is 91.1 Å². The predicted octanol–water partition coefficient (Wildman–Crippen LogP) is 9.98. The molecule has 0 saturated carbocycles. The highest BCUT2D eigenvalue weighted by atomic mass is 16.5. The summed E-state index contributed by atoms with van der Waals surface area (Å²) in [7, 11) is 0. The number of hydrogen-bond donors (Lipinski definition) is 0. The minimum atomic E-state index is -0.382. The number of aryl methyl sites for hydroxylation is 2. The van der Waals surface area contributed by atoms with E-state index >= 15 is 0 Å². The van der Waals surface area contributed by atoms with Crippen LogP contribution in [0.3, 0.4) is 0 Å². The van der Waals surface area contributed by atoms with Crippen molar-refractivity contribution in [1.29, 1.82) is 0 Å². The molecular weight excluding hydrogens is 514 g/mol. The van der Waals surface area contributed by atoms with Crippen LogP contribution in [0.4, 0.5) is 17.1 Å². The number of nitrogens with zero attached hydrogens (tertiary/aromatic N) is 1. The molecule has 0 atom stereocenters. The Morgan fingerprint density at radius 3 is 1.69 bits per heavy atom. The zero-order valence-corrected chi connectivity index (χ0v) is 24.4. The van der Waals surface area contributed by atoms with Crippen LogP contribution >= 0.6 is 0 Å². The molecule has 42 heavy (non-hydrogen) atoms. The Kier molecular flexibility index (Phi) is 8.79. The van der Waals surface area contributed by atoms with Crippen molar-refractivity contribution in [1.82, 2.24) is 0 Å². The van der Waals surface area contributed by atoms with Gasteiger partial charge in [-0.2, -0.15) is 0 Å². The maximum atomic E-state index is 11.8. The predicted molar refractivity (Wildman–Crippen MR) is 175 cm³/mol. The fraction of sp³-hybridized carbons (Fsp3) is 0.103. The molecule has 0 N–H and O–H groups in total. The second-order valence-electron chi connectivity index (χ2n) is 10.6. The highest BCUT2D eigenvalue weighted by Gasteiger charge is 2.13. The Morgan fingerprint density at radius 2 is 1.14 bits per heavy atom. The monoisotopic (exact) mass is 549 g/mol. The van der Waals surface area contributed by atoms with Gasteiger partial charge in [0.25, 0.3) is 0 Å². The summed E-state index contributed by atoms with van der Waals surface area (Å²) < 4.78 is 5.33. The van der Waals surface area contributed by atoms with Gasteiger partial charge in [-0.25, -0.2) is 4.79 Å². The molecule has 0 fully saturated rings. The van der Waals surface area contributed by atoms with Gasteiger partial charge in [0.15, 0.2) is 0 Å². The van der Waals surface area contributed by atoms with Crippen LogP contribution in [0.25, 0.3) is 11.6 Å². The maximum absolute atomic E-state index is 11.8. The first kappa shape index (κ1) is 28.4. The van der Waals surface area contributed by atoms with Gasteiger partial charge in [-0.3, -0.25) is 0 Å². The Hall–Kier alpha value is -5.15. The van der Waals surface area contributed by atoms with Gasteiger partial charge in [-0.15, -0.1) is 0 Å². The molecule has 5 rings (SSSR count). The summed E-state index contributed by atoms with van der Waals surface area (Å²) in [4.78, 5) is 14.1. The highest BCUT2D eigenvalue weighted by Crippen LogP contribution is 2.35. The average Bonchev–Trinajstić information content (AvgIpc) is 3.02. The van der Waals surface area contributed by atoms with Crippen molar-refractivity contribution in [2.75, 3.05) is 4.90 Å². The molecule has 0 aliphatic heterocycles. The van der Waals surface area contributed by atoms with E-state index in [1.807, 2.05) is 18.2 Å². The molecule has 0 saturated heterocycles. The summed E-state index contributed by atoms with van der Waals surface area (Å²) in [5, 5.41) is 0. The van der Waals surface area contributed by atoms with Crippen molar-refractivity contribution in [3.8, 4) is 0 Å². The van der Waals surface area contributed by atoms with E-state index in [9.17, 15) is 4.79 Å². The van der Waals surface area contributed by atoms with Crippen molar-refractivity contribution in [3.05, 3.63) is 173 Å². The van der Waals surface area contributed by atoms with E-state index in [1.165, 1.54) is 27.8 Å². The van der Waals surface area contributed by atoms with E-state index in [1.54, 1.807) is 6.92 Å². The fourth-order valence-electron chi connectivity index (χ4n) is 4.72. The number of carbonyl (C=O) groups excluding carboxylic acids is 1. The number of ether oxygens (including phenoxy) is 1. The number of esters is 1. The molecule has 5 aromatic carbocycles. The van der Waals surface area contributed by atoms with Crippen LogP contribution in [-0.2, 0) is 16.1 Å². The average molecular weight is 550 g/mol. The first-order chi connectivity index (χ1) is 20.4. The fourth-order valence-corrected chi connectivity index (χ4v) is 4.72. The molecule has 3 heteroatoms. The Labute approximate surface area is 249 Å². The molecular formula is C39H35NO2. The van der Waals surface area contributed by atoms with E-state index in [4.69, 9.17) is 4.74 Å². The minimum Gasteiger partial charge on any atom is -0.457 e. The minimum absolute atomic E-state index is 0.211. The normalized spacial score (nSPS) is 11.2. The third-order valence-corrected chi connectivity index (χ3v) is 7.11. The lowest BCUT2D eigenvalue weighted by Gasteiger charge is -2.26. The van der Waals surface area contributed by atoms with Gasteiger partial charge >= 0.3 is 5.97 Å². The highest BCUT2D eigenvalue weighted by molar-refractivity contribution is 5.92. The van der Waals surface area contributed by atoms with Gasteiger partial charge < -0.3 is 9.64 Å². The van der Waals surface area contributed by atoms with Crippen LogP contribution < -0.4 is 4.90 Å². The number of anilines is 3. The van der Waals surface area contributed by atoms with Gasteiger partial charge in [0.2, 0.25) is 0 Å². The van der Waals surface area contributed by atoms with E-state index in [-0.39, 0.29) is 12.6 Å². The van der Waals surface area contributed by atoms with Crippen LogP contribution in [0.15, 0.2) is 140 Å². The number of rotatable bonds is 9. The number of benzene rings is 5. The molecule has 5 aromatic rings. The smallest absolute Gasteiger partial charge is 0.333 e. The molecule has 208 valence electrons. The zero-order valence-electron chi connectivity index (χ0n) is 24.4. The van der Waals surface area contributed by atoms with Crippen LogP contribution in [0.1, 0.15) is 40.3 Å². The first-order valence-corrected chi connectivity index (χ1v) is 14.1. The van der Waals surface area contributed by atoms with Gasteiger partial charge in [-0.1, -0.05) is 109 Å². The van der Waals surface area contributed by atoms with Gasteiger partial charge in [0.1, 0.15) is 6.61 Å². The standard InChI is InChI=1S/C39H35NO2/c1-28(2)39(41)42-27-32-16-24-37(25-17-32)40(35-20-12-30(4)13-21-35)36-22-14-31(15-23-36)26-38(33-8-6-5-7-9-33)34-18-10-29(3)11-19-34/h5-26H,1,27H2,2-4H3/b38-26+. The Morgan fingerprint density at radius 1 is 0.667 bits per heavy atom. The van der Waals surface area contributed by atoms with E-state index in [0.717, 1.165) is 28.2 Å². The van der Waals surface area contributed by atoms with Crippen LogP contribution in [-0.4, -0.2) is 5.97 Å². The molecule has 0 aromatic heterocycles. The lowest BCUT2D eigenvalue weighted by atomic mass is 9.95. The molecule has 0 aliphatic carbocycles.